The van der Waals surface area contributed by atoms with Gasteiger partial charge in [0.05, 0.1) is 11.6 Å². The molecule has 0 saturated carbocycles. The van der Waals surface area contributed by atoms with Crippen molar-refractivity contribution in [2.45, 2.75) is 18.9 Å². The van der Waals surface area contributed by atoms with Crippen molar-refractivity contribution in [1.82, 2.24) is 10.3 Å². The number of hydrogen-bond donors (Lipinski definition) is 2. The minimum atomic E-state index is -0.831. The van der Waals surface area contributed by atoms with Crippen LogP contribution < -0.4 is 11.1 Å². The fraction of sp³-hybridized carbons (Fsp3) is 0.273. The van der Waals surface area contributed by atoms with E-state index in [4.69, 9.17) is 11.0 Å². The molecule has 0 spiro atoms. The van der Waals surface area contributed by atoms with E-state index in [2.05, 4.69) is 10.3 Å². The van der Waals surface area contributed by atoms with E-state index in [0.29, 0.717) is 5.56 Å². The minimum absolute atomic E-state index is 0.154. The lowest BCUT2D eigenvalue weighted by molar-refractivity contribution is -0.119. The van der Waals surface area contributed by atoms with Crippen molar-refractivity contribution < 1.29 is 9.59 Å². The van der Waals surface area contributed by atoms with Gasteiger partial charge in [0.15, 0.2) is 0 Å². The first-order valence-corrected chi connectivity index (χ1v) is 5.02. The Balaban J connectivity index is 2.65. The molecule has 0 fully saturated rings. The Bertz CT molecular complexity index is 439. The van der Waals surface area contributed by atoms with E-state index in [1.807, 2.05) is 6.07 Å². The van der Waals surface area contributed by atoms with Crippen molar-refractivity contribution in [2.75, 3.05) is 0 Å². The molecule has 1 aromatic heterocycles. The summed E-state index contributed by atoms with van der Waals surface area (Å²) in [5, 5.41) is 10.9. The van der Waals surface area contributed by atoms with Crippen LogP contribution in [-0.2, 0) is 4.79 Å². The van der Waals surface area contributed by atoms with Crippen LogP contribution in [0, 0.1) is 11.3 Å². The van der Waals surface area contributed by atoms with Gasteiger partial charge in [0, 0.05) is 18.8 Å². The Kier molecular flexibility index (Phi) is 4.63. The van der Waals surface area contributed by atoms with Gasteiger partial charge in [0.1, 0.15) is 6.04 Å². The van der Waals surface area contributed by atoms with Gasteiger partial charge in [-0.1, -0.05) is 0 Å². The summed E-state index contributed by atoms with van der Waals surface area (Å²) in [6.07, 6.45) is 3.29. The summed E-state index contributed by atoms with van der Waals surface area (Å²) in [7, 11) is 0. The first kappa shape index (κ1) is 12.6. The van der Waals surface area contributed by atoms with Gasteiger partial charge in [0.25, 0.3) is 5.91 Å². The maximum Gasteiger partial charge on any atom is 0.253 e. The Labute approximate surface area is 98.4 Å². The molecule has 2 amide bonds. The number of rotatable bonds is 5. The predicted molar refractivity (Wildman–Crippen MR) is 59.5 cm³/mol. The van der Waals surface area contributed by atoms with E-state index in [-0.39, 0.29) is 12.8 Å². The van der Waals surface area contributed by atoms with Crippen LogP contribution in [0.3, 0.4) is 0 Å². The monoisotopic (exact) mass is 232 g/mol. The lowest BCUT2D eigenvalue weighted by Gasteiger charge is -2.13. The zero-order chi connectivity index (χ0) is 12.7. The average molecular weight is 232 g/mol. The van der Waals surface area contributed by atoms with Gasteiger partial charge >= 0.3 is 0 Å². The van der Waals surface area contributed by atoms with Crippen molar-refractivity contribution >= 4 is 11.8 Å². The molecule has 0 saturated heterocycles. The second-order valence-corrected chi connectivity index (χ2v) is 3.37. The van der Waals surface area contributed by atoms with E-state index < -0.39 is 17.9 Å². The number of carbonyl (C=O) groups excluding carboxylic acids is 2. The van der Waals surface area contributed by atoms with E-state index in [1.165, 1.54) is 12.4 Å². The third-order valence-electron chi connectivity index (χ3n) is 2.12. The summed E-state index contributed by atoms with van der Waals surface area (Å²) in [5.74, 6) is -1.09. The number of aromatic nitrogens is 1. The molecule has 1 heterocycles. The smallest absolute Gasteiger partial charge is 0.253 e. The lowest BCUT2D eigenvalue weighted by Crippen LogP contribution is -2.44. The molecule has 0 aliphatic carbocycles. The summed E-state index contributed by atoms with van der Waals surface area (Å²) in [6.45, 7) is 0. The molecule has 0 bridgehead atoms. The first-order valence-electron chi connectivity index (χ1n) is 5.02. The second-order valence-electron chi connectivity index (χ2n) is 3.37. The third kappa shape index (κ3) is 3.91. The molecule has 0 aromatic carbocycles. The van der Waals surface area contributed by atoms with Crippen LogP contribution in [0.15, 0.2) is 24.5 Å². The number of nitriles is 1. The molecule has 3 N–H and O–H groups in total. The molecule has 6 nitrogen and oxygen atoms in total. The lowest BCUT2D eigenvalue weighted by atomic mass is 10.1. The number of primary amides is 1. The first-order chi connectivity index (χ1) is 8.15. The summed E-state index contributed by atoms with van der Waals surface area (Å²) in [6, 6.07) is 4.25. The van der Waals surface area contributed by atoms with Gasteiger partial charge in [-0.05, 0) is 18.6 Å². The summed E-state index contributed by atoms with van der Waals surface area (Å²) in [4.78, 5) is 26.5. The number of nitrogens with zero attached hydrogens (tertiary/aromatic N) is 2. The van der Waals surface area contributed by atoms with Crippen LogP contribution in [0.1, 0.15) is 23.2 Å². The highest BCUT2D eigenvalue weighted by atomic mass is 16.2. The molecule has 0 unspecified atom stereocenters. The Morgan fingerprint density at radius 2 is 2.35 bits per heavy atom. The van der Waals surface area contributed by atoms with Gasteiger partial charge in [-0.25, -0.2) is 0 Å². The zero-order valence-electron chi connectivity index (χ0n) is 9.09. The molecule has 0 radical (unpaired) electrons. The molecule has 88 valence electrons. The number of amides is 2. The van der Waals surface area contributed by atoms with E-state index >= 15 is 0 Å². The largest absolute Gasteiger partial charge is 0.368 e. The normalized spacial score (nSPS) is 11.2. The molecule has 6 heteroatoms. The van der Waals surface area contributed by atoms with E-state index in [0.717, 1.165) is 0 Å². The highest BCUT2D eigenvalue weighted by Crippen LogP contribution is 2.00. The third-order valence-corrected chi connectivity index (χ3v) is 2.12. The number of pyridine rings is 1. The number of carbonyl (C=O) groups is 2. The maximum atomic E-state index is 11.7. The topological polar surface area (TPSA) is 109 Å². The van der Waals surface area contributed by atoms with E-state index in [1.54, 1.807) is 12.1 Å². The number of nitrogens with one attached hydrogen (secondary N) is 1. The second kappa shape index (κ2) is 6.23. The minimum Gasteiger partial charge on any atom is -0.368 e. The Morgan fingerprint density at radius 1 is 1.59 bits per heavy atom. The average Bonchev–Trinajstić information content (AvgIpc) is 2.35. The molecule has 1 rings (SSSR count). The highest BCUT2D eigenvalue weighted by molar-refractivity contribution is 5.96. The SMILES string of the molecule is N#CCC[C@H](NC(=O)c1cccnc1)C(N)=O. The molecule has 0 aliphatic heterocycles. The molecule has 17 heavy (non-hydrogen) atoms. The van der Waals surface area contributed by atoms with Crippen molar-refractivity contribution in [1.29, 1.82) is 5.26 Å². The summed E-state index contributed by atoms with van der Waals surface area (Å²) in [5.41, 5.74) is 5.47. The molecule has 1 atom stereocenters. The van der Waals surface area contributed by atoms with Crippen molar-refractivity contribution in [3.05, 3.63) is 30.1 Å². The predicted octanol–water partition coefficient (Wildman–Crippen LogP) is -0.0309. The van der Waals surface area contributed by atoms with E-state index in [9.17, 15) is 9.59 Å². The van der Waals surface area contributed by atoms with Crippen LogP contribution >= 0.6 is 0 Å². The summed E-state index contributed by atoms with van der Waals surface area (Å²) >= 11 is 0. The summed E-state index contributed by atoms with van der Waals surface area (Å²) < 4.78 is 0. The van der Waals surface area contributed by atoms with Gasteiger partial charge in [-0.3, -0.25) is 14.6 Å². The van der Waals surface area contributed by atoms with Gasteiger partial charge in [-0.2, -0.15) is 5.26 Å². The number of nitrogens with two attached hydrogens (primary N) is 1. The van der Waals surface area contributed by atoms with Crippen LogP contribution in [0.5, 0.6) is 0 Å². The van der Waals surface area contributed by atoms with Crippen LogP contribution in [0.2, 0.25) is 0 Å². The fourth-order valence-corrected chi connectivity index (χ4v) is 1.23. The van der Waals surface area contributed by atoms with Crippen molar-refractivity contribution in [3.63, 3.8) is 0 Å². The van der Waals surface area contributed by atoms with Crippen LogP contribution in [0.4, 0.5) is 0 Å². The van der Waals surface area contributed by atoms with Crippen LogP contribution in [0.25, 0.3) is 0 Å². The van der Waals surface area contributed by atoms with Gasteiger partial charge in [0.2, 0.25) is 5.91 Å². The van der Waals surface area contributed by atoms with Crippen LogP contribution in [-0.4, -0.2) is 22.8 Å². The highest BCUT2D eigenvalue weighted by Gasteiger charge is 2.18. The number of hydrogen-bond acceptors (Lipinski definition) is 4. The fourth-order valence-electron chi connectivity index (χ4n) is 1.23. The molecular weight excluding hydrogens is 220 g/mol. The standard InChI is InChI=1S/C11H12N4O2/c12-5-1-4-9(10(13)16)15-11(17)8-3-2-6-14-7-8/h2-3,6-7,9H,1,4H2,(H2,13,16)(H,15,17)/t9-/m0/s1. The maximum absolute atomic E-state index is 11.7. The quantitative estimate of drug-likeness (QED) is 0.742. The Morgan fingerprint density at radius 3 is 2.88 bits per heavy atom. The van der Waals surface area contributed by atoms with Crippen molar-refractivity contribution in [3.8, 4) is 6.07 Å². The molecule has 0 aliphatic rings. The molecule has 1 aromatic rings. The van der Waals surface area contributed by atoms with Gasteiger partial charge in [-0.15, -0.1) is 0 Å². The molecular formula is C11H12N4O2. The van der Waals surface area contributed by atoms with Crippen molar-refractivity contribution in [2.24, 2.45) is 5.73 Å². The van der Waals surface area contributed by atoms with Gasteiger partial charge < -0.3 is 11.1 Å². The zero-order valence-corrected chi connectivity index (χ0v) is 9.09. The Hall–Kier alpha value is -2.42.